The van der Waals surface area contributed by atoms with E-state index in [9.17, 15) is 9.59 Å². The standard InChI is InChI=1S/C21H27N3O3/c1-15-7-8-17(12-16(15)2)21(26)23-14-20(25)22-13-18(19-6-5-11-27-19)24-9-3-4-10-24/h5-8,11-12,18H,3-4,9-10,13-14H2,1-2H3,(H,22,25)(H,23,26). The van der Waals surface area contributed by atoms with Crippen LogP contribution in [0.4, 0.5) is 0 Å². The predicted octanol–water partition coefficient (Wildman–Crippen LogP) is 2.58. The van der Waals surface area contributed by atoms with E-state index < -0.39 is 0 Å². The Morgan fingerprint density at radius 1 is 1.11 bits per heavy atom. The minimum Gasteiger partial charge on any atom is -0.468 e. The van der Waals surface area contributed by atoms with Gasteiger partial charge in [-0.15, -0.1) is 0 Å². The number of carbonyl (C=O) groups excluding carboxylic acids is 2. The highest BCUT2D eigenvalue weighted by Gasteiger charge is 2.25. The molecule has 2 aromatic rings. The van der Waals surface area contributed by atoms with Crippen molar-refractivity contribution in [2.75, 3.05) is 26.2 Å². The molecule has 6 heteroatoms. The van der Waals surface area contributed by atoms with E-state index in [0.29, 0.717) is 12.1 Å². The lowest BCUT2D eigenvalue weighted by molar-refractivity contribution is -0.120. The summed E-state index contributed by atoms with van der Waals surface area (Å²) in [6, 6.07) is 9.36. The molecule has 1 aliphatic rings. The van der Waals surface area contributed by atoms with Gasteiger partial charge in [-0.3, -0.25) is 14.5 Å². The summed E-state index contributed by atoms with van der Waals surface area (Å²) in [5.41, 5.74) is 2.76. The van der Waals surface area contributed by atoms with E-state index in [-0.39, 0.29) is 24.4 Å². The second-order valence-electron chi connectivity index (χ2n) is 7.06. The smallest absolute Gasteiger partial charge is 0.251 e. The van der Waals surface area contributed by atoms with E-state index in [4.69, 9.17) is 4.42 Å². The van der Waals surface area contributed by atoms with Gasteiger partial charge in [0.15, 0.2) is 0 Å². The Hall–Kier alpha value is -2.60. The largest absolute Gasteiger partial charge is 0.468 e. The molecule has 0 bridgehead atoms. The molecule has 0 saturated carbocycles. The van der Waals surface area contributed by atoms with Crippen molar-refractivity contribution in [2.45, 2.75) is 32.7 Å². The fourth-order valence-electron chi connectivity index (χ4n) is 3.36. The van der Waals surface area contributed by atoms with Crippen molar-refractivity contribution >= 4 is 11.8 Å². The second kappa shape index (κ2) is 8.86. The number of aryl methyl sites for hydroxylation is 2. The maximum absolute atomic E-state index is 12.2. The number of hydrogen-bond acceptors (Lipinski definition) is 4. The second-order valence-corrected chi connectivity index (χ2v) is 7.06. The molecule has 144 valence electrons. The van der Waals surface area contributed by atoms with Crippen molar-refractivity contribution in [3.05, 3.63) is 59.0 Å². The third-order valence-electron chi connectivity index (χ3n) is 5.12. The van der Waals surface area contributed by atoms with Crippen LogP contribution in [0.3, 0.4) is 0 Å². The average Bonchev–Trinajstić information content (AvgIpc) is 3.36. The number of nitrogens with one attached hydrogen (secondary N) is 2. The molecule has 1 saturated heterocycles. The molecule has 1 aliphatic heterocycles. The van der Waals surface area contributed by atoms with Crippen LogP contribution >= 0.6 is 0 Å². The van der Waals surface area contributed by atoms with Crippen LogP contribution in [-0.4, -0.2) is 42.9 Å². The molecular formula is C21H27N3O3. The first kappa shape index (κ1) is 19.2. The highest BCUT2D eigenvalue weighted by atomic mass is 16.3. The maximum atomic E-state index is 12.2. The highest BCUT2D eigenvalue weighted by molar-refractivity contribution is 5.96. The summed E-state index contributed by atoms with van der Waals surface area (Å²) >= 11 is 0. The molecule has 1 fully saturated rings. The number of carbonyl (C=O) groups is 2. The van der Waals surface area contributed by atoms with Crippen LogP contribution in [0.25, 0.3) is 0 Å². The van der Waals surface area contributed by atoms with Crippen molar-refractivity contribution in [3.63, 3.8) is 0 Å². The molecule has 0 radical (unpaired) electrons. The summed E-state index contributed by atoms with van der Waals surface area (Å²) in [6.07, 6.45) is 3.98. The number of hydrogen-bond donors (Lipinski definition) is 2. The summed E-state index contributed by atoms with van der Waals surface area (Å²) < 4.78 is 5.55. The maximum Gasteiger partial charge on any atom is 0.251 e. The zero-order valence-electron chi connectivity index (χ0n) is 16.0. The van der Waals surface area contributed by atoms with Crippen LogP contribution < -0.4 is 10.6 Å². The minimum atomic E-state index is -0.240. The highest BCUT2D eigenvalue weighted by Crippen LogP contribution is 2.24. The first-order valence-electron chi connectivity index (χ1n) is 9.44. The van der Waals surface area contributed by atoms with E-state index in [1.54, 1.807) is 12.3 Å². The summed E-state index contributed by atoms with van der Waals surface area (Å²) in [6.45, 7) is 6.39. The van der Waals surface area contributed by atoms with E-state index in [0.717, 1.165) is 42.8 Å². The van der Waals surface area contributed by atoms with Crippen molar-refractivity contribution < 1.29 is 14.0 Å². The van der Waals surface area contributed by atoms with Gasteiger partial charge in [0, 0.05) is 12.1 Å². The predicted molar refractivity (Wildman–Crippen MR) is 104 cm³/mol. The van der Waals surface area contributed by atoms with E-state index in [2.05, 4.69) is 15.5 Å². The number of nitrogens with zero attached hydrogens (tertiary/aromatic N) is 1. The molecule has 2 N–H and O–H groups in total. The van der Waals surface area contributed by atoms with Gasteiger partial charge >= 0.3 is 0 Å². The Bertz CT molecular complexity index is 780. The van der Waals surface area contributed by atoms with Crippen molar-refractivity contribution in [2.24, 2.45) is 0 Å². The fraction of sp³-hybridized carbons (Fsp3) is 0.429. The van der Waals surface area contributed by atoms with Crippen molar-refractivity contribution in [3.8, 4) is 0 Å². The number of benzene rings is 1. The molecule has 6 nitrogen and oxygen atoms in total. The summed E-state index contributed by atoms with van der Waals surface area (Å²) in [4.78, 5) is 26.8. The van der Waals surface area contributed by atoms with Crippen LogP contribution in [0.5, 0.6) is 0 Å². The van der Waals surface area contributed by atoms with Gasteiger partial charge in [-0.25, -0.2) is 0 Å². The van der Waals surface area contributed by atoms with Crippen LogP contribution in [0, 0.1) is 13.8 Å². The molecule has 1 aromatic carbocycles. The Balaban J connectivity index is 1.50. The van der Waals surface area contributed by atoms with E-state index in [1.165, 1.54) is 0 Å². The molecule has 2 amide bonds. The number of likely N-dealkylation sites (tertiary alicyclic amines) is 1. The molecule has 0 aliphatic carbocycles. The molecule has 2 heterocycles. The first-order valence-corrected chi connectivity index (χ1v) is 9.44. The Morgan fingerprint density at radius 2 is 1.89 bits per heavy atom. The zero-order chi connectivity index (χ0) is 19.2. The Morgan fingerprint density at radius 3 is 2.56 bits per heavy atom. The third-order valence-corrected chi connectivity index (χ3v) is 5.12. The van der Waals surface area contributed by atoms with E-state index in [1.807, 2.05) is 38.1 Å². The van der Waals surface area contributed by atoms with E-state index >= 15 is 0 Å². The van der Waals surface area contributed by atoms with Gasteiger partial charge in [0.05, 0.1) is 18.8 Å². The molecule has 1 aromatic heterocycles. The van der Waals surface area contributed by atoms with Gasteiger partial charge in [0.2, 0.25) is 5.91 Å². The minimum absolute atomic E-state index is 0.0295. The SMILES string of the molecule is Cc1ccc(C(=O)NCC(=O)NCC(c2ccco2)N2CCCC2)cc1C. The lowest BCUT2D eigenvalue weighted by atomic mass is 10.1. The van der Waals surface area contributed by atoms with Gasteiger partial charge in [0.25, 0.3) is 5.91 Å². The van der Waals surface area contributed by atoms with Gasteiger partial charge in [-0.05, 0) is 75.2 Å². The summed E-state index contributed by atoms with van der Waals surface area (Å²) in [5.74, 6) is 0.412. The lowest BCUT2D eigenvalue weighted by Crippen LogP contribution is -2.41. The monoisotopic (exact) mass is 369 g/mol. The topological polar surface area (TPSA) is 74.6 Å². The van der Waals surface area contributed by atoms with Crippen molar-refractivity contribution in [1.29, 1.82) is 0 Å². The van der Waals surface area contributed by atoms with Gasteiger partial charge < -0.3 is 15.1 Å². The summed E-state index contributed by atoms with van der Waals surface area (Å²) in [5, 5.41) is 5.61. The van der Waals surface area contributed by atoms with Gasteiger partial charge in [-0.2, -0.15) is 0 Å². The fourth-order valence-corrected chi connectivity index (χ4v) is 3.36. The van der Waals surface area contributed by atoms with Gasteiger partial charge in [0.1, 0.15) is 5.76 Å². The molecule has 1 unspecified atom stereocenters. The molecule has 3 rings (SSSR count). The van der Waals surface area contributed by atoms with Crippen LogP contribution in [0.2, 0.25) is 0 Å². The lowest BCUT2D eigenvalue weighted by Gasteiger charge is -2.26. The molecular weight excluding hydrogens is 342 g/mol. The number of amides is 2. The average molecular weight is 369 g/mol. The van der Waals surface area contributed by atoms with Crippen LogP contribution in [0.15, 0.2) is 41.0 Å². The van der Waals surface area contributed by atoms with Crippen molar-refractivity contribution in [1.82, 2.24) is 15.5 Å². The first-order chi connectivity index (χ1) is 13.0. The van der Waals surface area contributed by atoms with Gasteiger partial charge in [-0.1, -0.05) is 6.07 Å². The molecule has 27 heavy (non-hydrogen) atoms. The Kier molecular flexibility index (Phi) is 6.29. The number of furan rings is 1. The quantitative estimate of drug-likeness (QED) is 0.787. The zero-order valence-corrected chi connectivity index (χ0v) is 16.0. The normalized spacial score (nSPS) is 15.5. The number of rotatable bonds is 7. The third kappa shape index (κ3) is 4.98. The summed E-state index contributed by atoms with van der Waals surface area (Å²) in [7, 11) is 0. The molecule has 1 atom stereocenters. The van der Waals surface area contributed by atoms with Crippen LogP contribution in [0.1, 0.15) is 46.1 Å². The molecule has 0 spiro atoms. The Labute approximate surface area is 159 Å². The van der Waals surface area contributed by atoms with Crippen LogP contribution in [-0.2, 0) is 4.79 Å².